The lowest BCUT2D eigenvalue weighted by Crippen LogP contribution is -2.51. The number of aromatic nitrogens is 2. The molecule has 8 nitrogen and oxygen atoms in total. The van der Waals surface area contributed by atoms with Crippen LogP contribution in [0.5, 0.6) is 0 Å². The lowest BCUT2D eigenvalue weighted by molar-refractivity contribution is 0.0779. The van der Waals surface area contributed by atoms with E-state index in [1.54, 1.807) is 31.2 Å². The lowest BCUT2D eigenvalue weighted by atomic mass is 9.94. The van der Waals surface area contributed by atoms with Gasteiger partial charge in [-0.1, -0.05) is 36.7 Å². The van der Waals surface area contributed by atoms with Crippen LogP contribution < -0.4 is 10.6 Å². The van der Waals surface area contributed by atoms with Crippen molar-refractivity contribution in [3.05, 3.63) is 39.8 Å². The largest absolute Gasteiger partial charge is 0.352 e. The third kappa shape index (κ3) is 6.82. The zero-order valence-corrected chi connectivity index (χ0v) is 20.2. The molecule has 1 saturated heterocycles. The van der Waals surface area contributed by atoms with Gasteiger partial charge in [-0.05, 0) is 50.9 Å². The minimum absolute atomic E-state index is 0.125. The summed E-state index contributed by atoms with van der Waals surface area (Å²) < 4.78 is 0. The Morgan fingerprint density at radius 3 is 2.58 bits per heavy atom. The van der Waals surface area contributed by atoms with Crippen LogP contribution in [0.15, 0.2) is 24.3 Å². The number of hydrogen-bond acceptors (Lipinski definition) is 7. The fourth-order valence-electron chi connectivity index (χ4n) is 4.72. The van der Waals surface area contributed by atoms with Gasteiger partial charge in [-0.2, -0.15) is 0 Å². The quantitative estimate of drug-likeness (QED) is 0.576. The van der Waals surface area contributed by atoms with E-state index in [1.807, 2.05) is 0 Å². The van der Waals surface area contributed by atoms with E-state index < -0.39 is 0 Å². The van der Waals surface area contributed by atoms with Crippen LogP contribution in [0.3, 0.4) is 0 Å². The second kappa shape index (κ2) is 11.7. The molecule has 2 heterocycles. The Bertz CT molecular complexity index is 935. The van der Waals surface area contributed by atoms with Crippen molar-refractivity contribution in [1.29, 1.82) is 0 Å². The third-order valence-corrected chi connectivity index (χ3v) is 7.38. The van der Waals surface area contributed by atoms with E-state index in [0.717, 1.165) is 37.1 Å². The summed E-state index contributed by atoms with van der Waals surface area (Å²) in [5.74, 6) is -0.443. The number of nitrogens with zero attached hydrogens (tertiary/aromatic N) is 4. The Morgan fingerprint density at radius 1 is 1.06 bits per heavy atom. The standard InChI is InChI=1S/C24H34N6O2S/c1-18-27-28-24(33-18)23(32)26-20-8-5-7-19(17-20)22(31)25-11-6-12-29-13-15-30(16-14-29)21-9-3-2-4-10-21/h5,7-8,17,21H,2-4,6,9-16H2,1H3,(H,25,31)(H,26,32). The number of hydrogen-bond donors (Lipinski definition) is 2. The fourth-order valence-corrected chi connectivity index (χ4v) is 5.30. The highest BCUT2D eigenvalue weighted by atomic mass is 32.1. The van der Waals surface area contributed by atoms with Crippen LogP contribution in [-0.4, -0.2) is 77.1 Å². The van der Waals surface area contributed by atoms with Gasteiger partial charge in [0.15, 0.2) is 0 Å². The molecule has 0 bridgehead atoms. The minimum atomic E-state index is -0.318. The van der Waals surface area contributed by atoms with Crippen molar-refractivity contribution in [3.8, 4) is 0 Å². The molecule has 1 aliphatic heterocycles. The van der Waals surface area contributed by atoms with Crippen molar-refractivity contribution in [1.82, 2.24) is 25.3 Å². The van der Waals surface area contributed by atoms with Gasteiger partial charge in [0.2, 0.25) is 5.01 Å². The first-order valence-electron chi connectivity index (χ1n) is 12.0. The Hall–Kier alpha value is -2.36. The molecule has 1 aromatic carbocycles. The van der Waals surface area contributed by atoms with Gasteiger partial charge in [0.25, 0.3) is 11.8 Å². The number of carbonyl (C=O) groups is 2. The van der Waals surface area contributed by atoms with Crippen molar-refractivity contribution >= 4 is 28.8 Å². The van der Waals surface area contributed by atoms with Gasteiger partial charge in [-0.3, -0.25) is 14.5 Å². The Kier molecular flexibility index (Phi) is 8.41. The van der Waals surface area contributed by atoms with Gasteiger partial charge in [0.05, 0.1) is 0 Å². The van der Waals surface area contributed by atoms with E-state index >= 15 is 0 Å². The highest BCUT2D eigenvalue weighted by molar-refractivity contribution is 7.13. The first-order valence-corrected chi connectivity index (χ1v) is 12.9. The summed E-state index contributed by atoms with van der Waals surface area (Å²) in [7, 11) is 0. The molecule has 2 aromatic rings. The molecule has 0 spiro atoms. The number of carbonyl (C=O) groups excluding carboxylic acids is 2. The number of nitrogens with one attached hydrogen (secondary N) is 2. The molecule has 33 heavy (non-hydrogen) atoms. The highest BCUT2D eigenvalue weighted by Crippen LogP contribution is 2.23. The van der Waals surface area contributed by atoms with Crippen molar-refractivity contribution in [3.63, 3.8) is 0 Å². The number of benzene rings is 1. The molecule has 4 rings (SSSR count). The van der Waals surface area contributed by atoms with Crippen LogP contribution in [0.2, 0.25) is 0 Å². The average Bonchev–Trinajstić information content (AvgIpc) is 3.29. The summed E-state index contributed by atoms with van der Waals surface area (Å²) in [5.41, 5.74) is 1.10. The zero-order chi connectivity index (χ0) is 23.0. The maximum Gasteiger partial charge on any atom is 0.286 e. The SMILES string of the molecule is Cc1nnc(C(=O)Nc2cccc(C(=O)NCCCN3CCN(C4CCCCC4)CC3)c2)s1. The van der Waals surface area contributed by atoms with Crippen molar-refractivity contribution < 1.29 is 9.59 Å². The molecule has 2 aliphatic rings. The molecule has 0 radical (unpaired) electrons. The highest BCUT2D eigenvalue weighted by Gasteiger charge is 2.24. The maximum atomic E-state index is 12.6. The Labute approximate surface area is 199 Å². The zero-order valence-electron chi connectivity index (χ0n) is 19.4. The summed E-state index contributed by atoms with van der Waals surface area (Å²) in [4.78, 5) is 30.0. The molecule has 2 amide bonds. The molecule has 2 N–H and O–H groups in total. The van der Waals surface area contributed by atoms with E-state index in [2.05, 4.69) is 30.6 Å². The molecule has 0 atom stereocenters. The number of rotatable bonds is 8. The van der Waals surface area contributed by atoms with Crippen molar-refractivity contribution in [2.24, 2.45) is 0 Å². The summed E-state index contributed by atoms with van der Waals surface area (Å²) in [6.45, 7) is 8.05. The third-order valence-electron chi connectivity index (χ3n) is 6.54. The molecule has 0 unspecified atom stereocenters. The van der Waals surface area contributed by atoms with E-state index in [9.17, 15) is 9.59 Å². The van der Waals surface area contributed by atoms with Crippen LogP contribution in [-0.2, 0) is 0 Å². The van der Waals surface area contributed by atoms with Crippen LogP contribution in [0, 0.1) is 6.92 Å². The second-order valence-electron chi connectivity index (χ2n) is 8.94. The minimum Gasteiger partial charge on any atom is -0.352 e. The predicted molar refractivity (Wildman–Crippen MR) is 131 cm³/mol. The molecule has 1 saturated carbocycles. The van der Waals surface area contributed by atoms with Gasteiger partial charge in [0, 0.05) is 50.0 Å². The molecule has 9 heteroatoms. The first kappa shape index (κ1) is 23.8. The van der Waals surface area contributed by atoms with Crippen LogP contribution in [0.25, 0.3) is 0 Å². The van der Waals surface area contributed by atoms with Crippen molar-refractivity contribution in [2.75, 3.05) is 44.6 Å². The Balaban J connectivity index is 1.16. The topological polar surface area (TPSA) is 90.5 Å². The van der Waals surface area contributed by atoms with E-state index in [-0.39, 0.29) is 11.8 Å². The van der Waals surface area contributed by atoms with E-state index in [0.29, 0.717) is 22.8 Å². The van der Waals surface area contributed by atoms with Gasteiger partial charge < -0.3 is 15.5 Å². The molecule has 2 fully saturated rings. The Morgan fingerprint density at radius 2 is 1.85 bits per heavy atom. The summed E-state index contributed by atoms with van der Waals surface area (Å²) in [6, 6.07) is 7.77. The summed E-state index contributed by atoms with van der Waals surface area (Å²) in [6.07, 6.45) is 7.87. The molecule has 1 aromatic heterocycles. The van der Waals surface area contributed by atoms with E-state index in [1.165, 1.54) is 56.5 Å². The normalized spacial score (nSPS) is 18.2. The van der Waals surface area contributed by atoms with Crippen molar-refractivity contribution in [2.45, 2.75) is 51.5 Å². The first-order chi connectivity index (χ1) is 16.1. The average molecular weight is 471 g/mol. The van der Waals surface area contributed by atoms with Gasteiger partial charge >= 0.3 is 0 Å². The number of aryl methyl sites for hydroxylation is 1. The summed E-state index contributed by atoms with van der Waals surface area (Å²) in [5, 5.41) is 14.6. The van der Waals surface area contributed by atoms with Gasteiger partial charge in [-0.15, -0.1) is 10.2 Å². The monoisotopic (exact) mass is 470 g/mol. The maximum absolute atomic E-state index is 12.6. The fraction of sp³-hybridized carbons (Fsp3) is 0.583. The van der Waals surface area contributed by atoms with Crippen LogP contribution in [0.1, 0.15) is 63.7 Å². The molecule has 1 aliphatic carbocycles. The number of amides is 2. The van der Waals surface area contributed by atoms with E-state index in [4.69, 9.17) is 0 Å². The number of piperazine rings is 1. The predicted octanol–water partition coefficient (Wildman–Crippen LogP) is 3.17. The lowest BCUT2D eigenvalue weighted by Gasteiger charge is -2.40. The number of anilines is 1. The smallest absolute Gasteiger partial charge is 0.286 e. The molecule has 178 valence electrons. The second-order valence-corrected chi connectivity index (χ2v) is 10.1. The molecular formula is C24H34N6O2S. The van der Waals surface area contributed by atoms with Gasteiger partial charge in [-0.25, -0.2) is 0 Å². The molecular weight excluding hydrogens is 436 g/mol. The summed E-state index contributed by atoms with van der Waals surface area (Å²) >= 11 is 1.24. The van der Waals surface area contributed by atoms with Crippen LogP contribution in [0.4, 0.5) is 5.69 Å². The van der Waals surface area contributed by atoms with Crippen LogP contribution >= 0.6 is 11.3 Å². The van der Waals surface area contributed by atoms with Gasteiger partial charge in [0.1, 0.15) is 5.01 Å².